The number of rotatable bonds is 5. The number of halogens is 1. The zero-order valence-corrected chi connectivity index (χ0v) is 16.2. The highest BCUT2D eigenvalue weighted by Gasteiger charge is 2.11. The summed E-state index contributed by atoms with van der Waals surface area (Å²) in [6, 6.07) is 13.5. The fourth-order valence-electron chi connectivity index (χ4n) is 3.06. The maximum Gasteiger partial charge on any atom is 0.229 e. The van der Waals surface area contributed by atoms with E-state index in [-0.39, 0.29) is 12.3 Å². The van der Waals surface area contributed by atoms with E-state index in [0.717, 1.165) is 5.56 Å². The number of nitrogens with zero attached hydrogens (tertiary/aromatic N) is 5. The molecule has 0 aliphatic carbocycles. The molecule has 7 nitrogen and oxygen atoms in total. The molecule has 0 aliphatic heterocycles. The second-order valence-electron chi connectivity index (χ2n) is 6.61. The van der Waals surface area contributed by atoms with Crippen LogP contribution in [0.4, 0.5) is 10.2 Å². The van der Waals surface area contributed by atoms with Crippen LogP contribution < -0.4 is 5.32 Å². The van der Waals surface area contributed by atoms with E-state index in [2.05, 4.69) is 31.3 Å². The topological polar surface area (TPSA) is 104 Å². The number of carbonyl (C=O) groups excluding carboxylic acids is 1. The Bertz CT molecular complexity index is 1270. The summed E-state index contributed by atoms with van der Waals surface area (Å²) in [5.74, 6) is -0.490. The summed E-state index contributed by atoms with van der Waals surface area (Å²) in [4.78, 5) is 28.4. The third kappa shape index (κ3) is 4.74. The average Bonchev–Trinajstić information content (AvgIpc) is 2.80. The lowest BCUT2D eigenvalue weighted by Crippen LogP contribution is -2.15. The molecule has 31 heavy (non-hydrogen) atoms. The van der Waals surface area contributed by atoms with Gasteiger partial charge in [-0.25, -0.2) is 9.97 Å². The van der Waals surface area contributed by atoms with Crippen LogP contribution in [-0.2, 0) is 11.2 Å². The Morgan fingerprint density at radius 3 is 2.58 bits per heavy atom. The number of nitriles is 1. The summed E-state index contributed by atoms with van der Waals surface area (Å²) in [5, 5.41) is 12.2. The summed E-state index contributed by atoms with van der Waals surface area (Å²) in [7, 11) is 0. The van der Waals surface area contributed by atoms with Gasteiger partial charge in [-0.05, 0) is 41.0 Å². The van der Waals surface area contributed by atoms with Crippen LogP contribution in [0.3, 0.4) is 0 Å². The minimum absolute atomic E-state index is 0.0628. The summed E-state index contributed by atoms with van der Waals surface area (Å²) in [6.45, 7) is 0. The first kappa shape index (κ1) is 19.8. The minimum atomic E-state index is -0.623. The predicted octanol–water partition coefficient (Wildman–Crippen LogP) is 3.79. The fourth-order valence-corrected chi connectivity index (χ4v) is 3.06. The molecule has 8 heteroatoms. The molecule has 0 aliphatic rings. The molecule has 1 amide bonds. The van der Waals surface area contributed by atoms with Gasteiger partial charge >= 0.3 is 0 Å². The molecule has 3 aromatic heterocycles. The van der Waals surface area contributed by atoms with Crippen LogP contribution >= 0.6 is 0 Å². The van der Waals surface area contributed by atoms with Crippen LogP contribution in [0.2, 0.25) is 0 Å². The molecule has 3 heterocycles. The number of pyridine rings is 2. The maximum absolute atomic E-state index is 13.4. The molecule has 0 unspecified atom stereocenters. The third-order valence-corrected chi connectivity index (χ3v) is 4.50. The van der Waals surface area contributed by atoms with Gasteiger partial charge in [0.05, 0.1) is 29.9 Å². The first-order valence-electron chi connectivity index (χ1n) is 9.29. The van der Waals surface area contributed by atoms with Crippen LogP contribution in [0.25, 0.3) is 22.4 Å². The largest absolute Gasteiger partial charge is 0.310 e. The summed E-state index contributed by atoms with van der Waals surface area (Å²) in [5.41, 5.74) is 3.60. The van der Waals surface area contributed by atoms with Crippen molar-refractivity contribution in [1.82, 2.24) is 19.9 Å². The molecule has 0 saturated heterocycles. The number of carbonyl (C=O) groups is 1. The van der Waals surface area contributed by atoms with Crippen molar-refractivity contribution < 1.29 is 9.18 Å². The van der Waals surface area contributed by atoms with Gasteiger partial charge in [0, 0.05) is 36.4 Å². The van der Waals surface area contributed by atoms with E-state index >= 15 is 0 Å². The van der Waals surface area contributed by atoms with Gasteiger partial charge in [0.2, 0.25) is 11.9 Å². The second-order valence-corrected chi connectivity index (χ2v) is 6.61. The Labute approximate surface area is 177 Å². The van der Waals surface area contributed by atoms with E-state index < -0.39 is 5.95 Å². The zero-order chi connectivity index (χ0) is 21.6. The number of aromatic nitrogens is 4. The van der Waals surface area contributed by atoms with Crippen molar-refractivity contribution in [1.29, 1.82) is 5.26 Å². The lowest BCUT2D eigenvalue weighted by atomic mass is 9.98. The average molecular weight is 410 g/mol. The molecule has 0 radical (unpaired) electrons. The van der Waals surface area contributed by atoms with Gasteiger partial charge < -0.3 is 5.32 Å². The highest BCUT2D eigenvalue weighted by atomic mass is 19.1. The van der Waals surface area contributed by atoms with Crippen molar-refractivity contribution in [2.75, 3.05) is 5.32 Å². The molecule has 150 valence electrons. The first-order valence-corrected chi connectivity index (χ1v) is 9.29. The molecular weight excluding hydrogens is 395 g/mol. The van der Waals surface area contributed by atoms with E-state index in [4.69, 9.17) is 0 Å². The van der Waals surface area contributed by atoms with Gasteiger partial charge in [-0.2, -0.15) is 9.65 Å². The maximum atomic E-state index is 13.4. The fraction of sp³-hybridized carbons (Fsp3) is 0.0435. The van der Waals surface area contributed by atoms with Crippen molar-refractivity contribution in [2.24, 2.45) is 0 Å². The lowest BCUT2D eigenvalue weighted by Gasteiger charge is -2.08. The predicted molar refractivity (Wildman–Crippen MR) is 112 cm³/mol. The smallest absolute Gasteiger partial charge is 0.229 e. The van der Waals surface area contributed by atoms with E-state index in [9.17, 15) is 14.4 Å². The molecule has 1 N–H and O–H groups in total. The number of hydrogen-bond acceptors (Lipinski definition) is 6. The molecule has 0 saturated carbocycles. The Morgan fingerprint density at radius 2 is 1.87 bits per heavy atom. The number of benzene rings is 1. The van der Waals surface area contributed by atoms with Crippen molar-refractivity contribution in [3.05, 3.63) is 90.5 Å². The molecule has 4 aromatic rings. The second kappa shape index (κ2) is 8.88. The Hall–Kier alpha value is -4.51. The van der Waals surface area contributed by atoms with Crippen LogP contribution in [0, 0.1) is 17.3 Å². The van der Waals surface area contributed by atoms with E-state index in [1.54, 1.807) is 61.2 Å². The summed E-state index contributed by atoms with van der Waals surface area (Å²) < 4.78 is 13.4. The first-order chi connectivity index (χ1) is 15.1. The van der Waals surface area contributed by atoms with Gasteiger partial charge in [0.25, 0.3) is 0 Å². The molecule has 0 spiro atoms. The lowest BCUT2D eigenvalue weighted by molar-refractivity contribution is -0.115. The van der Waals surface area contributed by atoms with Gasteiger partial charge in [-0.3, -0.25) is 14.8 Å². The quantitative estimate of drug-likeness (QED) is 0.502. The van der Waals surface area contributed by atoms with Crippen LogP contribution in [0.15, 0.2) is 73.4 Å². The number of anilines is 1. The third-order valence-electron chi connectivity index (χ3n) is 4.50. The zero-order valence-electron chi connectivity index (χ0n) is 16.2. The molecule has 0 fully saturated rings. The molecule has 0 atom stereocenters. The van der Waals surface area contributed by atoms with Crippen molar-refractivity contribution in [3.63, 3.8) is 0 Å². The van der Waals surface area contributed by atoms with Crippen LogP contribution in [0.5, 0.6) is 0 Å². The van der Waals surface area contributed by atoms with Crippen molar-refractivity contribution in [2.45, 2.75) is 6.42 Å². The summed E-state index contributed by atoms with van der Waals surface area (Å²) >= 11 is 0. The van der Waals surface area contributed by atoms with Crippen molar-refractivity contribution >= 4 is 11.7 Å². The van der Waals surface area contributed by atoms with Crippen molar-refractivity contribution in [3.8, 4) is 28.5 Å². The van der Waals surface area contributed by atoms with Gasteiger partial charge in [0.1, 0.15) is 5.82 Å². The number of amides is 1. The Morgan fingerprint density at radius 1 is 0.968 bits per heavy atom. The number of hydrogen-bond donors (Lipinski definition) is 1. The van der Waals surface area contributed by atoms with Crippen LogP contribution in [-0.4, -0.2) is 25.8 Å². The van der Waals surface area contributed by atoms with E-state index in [0.29, 0.717) is 33.8 Å². The van der Waals surface area contributed by atoms with Gasteiger partial charge in [0.15, 0.2) is 0 Å². The molecule has 4 rings (SSSR count). The Kier molecular flexibility index (Phi) is 5.67. The SMILES string of the molecule is N#Cc1cc(CC(=O)Nc2ccc(-c3cnccn3)cn2)ccc1-c1ccnc(F)c1. The monoisotopic (exact) mass is 410 g/mol. The minimum Gasteiger partial charge on any atom is -0.310 e. The normalized spacial score (nSPS) is 10.3. The Balaban J connectivity index is 1.46. The highest BCUT2D eigenvalue weighted by Crippen LogP contribution is 2.25. The highest BCUT2D eigenvalue weighted by molar-refractivity contribution is 5.91. The molecule has 1 aromatic carbocycles. The standard InChI is InChI=1S/C23H15FN6O/c24-21-11-16(5-6-28-21)19-3-1-15(9-18(19)12-25)10-23(31)30-22-4-2-17(13-29-22)20-14-26-7-8-27-20/h1-9,11,13-14H,10H2,(H,29,30,31). The van der Waals surface area contributed by atoms with E-state index in [1.807, 2.05) is 0 Å². The summed E-state index contributed by atoms with van der Waals surface area (Å²) in [6.07, 6.45) is 7.83. The molecule has 0 bridgehead atoms. The molecular formula is C23H15FN6O. The van der Waals surface area contributed by atoms with Crippen LogP contribution in [0.1, 0.15) is 11.1 Å². The van der Waals surface area contributed by atoms with Gasteiger partial charge in [-0.15, -0.1) is 0 Å². The van der Waals surface area contributed by atoms with E-state index in [1.165, 1.54) is 12.3 Å². The van der Waals surface area contributed by atoms with Gasteiger partial charge in [-0.1, -0.05) is 12.1 Å². The number of nitrogens with one attached hydrogen (secondary N) is 1.